The molecule has 0 saturated carbocycles. The summed E-state index contributed by atoms with van der Waals surface area (Å²) < 4.78 is 42.3. The lowest BCUT2D eigenvalue weighted by atomic mass is 9.97. The van der Waals surface area contributed by atoms with Gasteiger partial charge in [-0.15, -0.1) is 11.8 Å². The van der Waals surface area contributed by atoms with Crippen molar-refractivity contribution in [3.63, 3.8) is 0 Å². The zero-order valence-corrected chi connectivity index (χ0v) is 17.9. The maximum atomic E-state index is 13.8. The minimum atomic E-state index is -4.52. The van der Waals surface area contributed by atoms with Gasteiger partial charge in [0.05, 0.1) is 11.7 Å². The smallest absolute Gasteiger partial charge is 0.363 e. The van der Waals surface area contributed by atoms with Gasteiger partial charge in [0.15, 0.2) is 11.7 Å². The van der Waals surface area contributed by atoms with E-state index in [1.807, 2.05) is 18.4 Å². The first-order valence-electron chi connectivity index (χ1n) is 9.39. The molecule has 1 aliphatic rings. The van der Waals surface area contributed by atoms with Crippen molar-refractivity contribution in [2.45, 2.75) is 29.6 Å². The molecule has 2 N–H and O–H groups in total. The van der Waals surface area contributed by atoms with E-state index in [0.29, 0.717) is 16.3 Å². The quantitative estimate of drug-likeness (QED) is 0.451. The molecular weight excluding hydrogens is 449 g/mol. The molecular formula is C21H18ClF3N4OS. The molecule has 1 aromatic heterocycles. The van der Waals surface area contributed by atoms with Gasteiger partial charge in [-0.3, -0.25) is 4.79 Å². The van der Waals surface area contributed by atoms with Crippen LogP contribution in [0.15, 0.2) is 59.5 Å². The minimum absolute atomic E-state index is 0.0931. The Balaban J connectivity index is 1.64. The number of thioether (sulfide) groups is 1. The first kappa shape index (κ1) is 21.6. The maximum Gasteiger partial charge on any atom is 0.410 e. The molecule has 0 bridgehead atoms. The normalized spacial score (nSPS) is 18.2. The zero-order chi connectivity index (χ0) is 22.2. The molecule has 162 valence electrons. The van der Waals surface area contributed by atoms with Crippen LogP contribution >= 0.6 is 23.4 Å². The van der Waals surface area contributed by atoms with Crippen molar-refractivity contribution in [3.8, 4) is 0 Å². The van der Waals surface area contributed by atoms with Crippen molar-refractivity contribution >= 4 is 40.8 Å². The number of hydrogen-bond donors (Lipinski definition) is 2. The van der Waals surface area contributed by atoms with E-state index in [2.05, 4.69) is 15.7 Å². The Morgan fingerprint density at radius 2 is 1.94 bits per heavy atom. The monoisotopic (exact) mass is 466 g/mol. The highest BCUT2D eigenvalue weighted by molar-refractivity contribution is 7.98. The van der Waals surface area contributed by atoms with Gasteiger partial charge in [0, 0.05) is 22.4 Å². The Kier molecular flexibility index (Phi) is 5.90. The van der Waals surface area contributed by atoms with Gasteiger partial charge in [-0.2, -0.15) is 18.3 Å². The molecule has 0 fully saturated rings. The van der Waals surface area contributed by atoms with Crippen molar-refractivity contribution in [1.29, 1.82) is 0 Å². The van der Waals surface area contributed by atoms with E-state index in [9.17, 15) is 18.0 Å². The summed E-state index contributed by atoms with van der Waals surface area (Å²) in [5.74, 6) is -0.439. The lowest BCUT2D eigenvalue weighted by Gasteiger charge is -2.33. The third kappa shape index (κ3) is 4.52. The van der Waals surface area contributed by atoms with E-state index in [4.69, 9.17) is 11.6 Å². The number of aromatic nitrogens is 2. The van der Waals surface area contributed by atoms with Gasteiger partial charge in [-0.1, -0.05) is 35.9 Å². The summed E-state index contributed by atoms with van der Waals surface area (Å²) in [7, 11) is 0. The summed E-state index contributed by atoms with van der Waals surface area (Å²) in [6.07, 6.45) is -2.90. The Morgan fingerprint density at radius 1 is 1.23 bits per heavy atom. The summed E-state index contributed by atoms with van der Waals surface area (Å²) in [6, 6.07) is 12.7. The fourth-order valence-corrected chi connectivity index (χ4v) is 4.21. The van der Waals surface area contributed by atoms with Crippen molar-refractivity contribution in [3.05, 3.63) is 70.9 Å². The van der Waals surface area contributed by atoms with Gasteiger partial charge < -0.3 is 10.6 Å². The molecule has 10 heteroatoms. The van der Waals surface area contributed by atoms with E-state index >= 15 is 0 Å². The van der Waals surface area contributed by atoms with E-state index < -0.39 is 24.2 Å². The van der Waals surface area contributed by atoms with Crippen LogP contribution in [0.3, 0.4) is 0 Å². The third-order valence-electron chi connectivity index (χ3n) is 5.05. The second-order valence-electron chi connectivity index (χ2n) is 7.06. The molecule has 4 rings (SSSR count). The van der Waals surface area contributed by atoms with Crippen LogP contribution in [0, 0.1) is 0 Å². The Morgan fingerprint density at radius 3 is 2.61 bits per heavy atom. The topological polar surface area (TPSA) is 59.0 Å². The SMILES string of the molecule is CSc1ccccc1NC(=O)c1cc2n(n1)[C@@H](C(F)(F)F)C[C@H](c1ccc(Cl)cc1)N2. The number of alkyl halides is 3. The number of carbonyl (C=O) groups is 1. The number of halogens is 4. The molecule has 2 heterocycles. The number of para-hydroxylation sites is 1. The van der Waals surface area contributed by atoms with Gasteiger partial charge in [0.1, 0.15) is 5.82 Å². The molecule has 0 aliphatic carbocycles. The molecule has 0 unspecified atom stereocenters. The number of hydrogen-bond acceptors (Lipinski definition) is 4. The first-order valence-corrected chi connectivity index (χ1v) is 11.0. The number of benzene rings is 2. The Bertz CT molecular complexity index is 1100. The molecule has 0 radical (unpaired) electrons. The molecule has 0 spiro atoms. The average Bonchev–Trinajstić information content (AvgIpc) is 3.17. The van der Waals surface area contributed by atoms with Crippen molar-refractivity contribution in [1.82, 2.24) is 9.78 Å². The van der Waals surface area contributed by atoms with Crippen LogP contribution in [-0.2, 0) is 0 Å². The van der Waals surface area contributed by atoms with Gasteiger partial charge in [0.2, 0.25) is 0 Å². The highest BCUT2D eigenvalue weighted by Gasteiger charge is 2.46. The number of fused-ring (bicyclic) bond motifs is 1. The third-order valence-corrected chi connectivity index (χ3v) is 6.10. The molecule has 1 aliphatic heterocycles. The zero-order valence-electron chi connectivity index (χ0n) is 16.3. The Labute approximate surface area is 186 Å². The standard InChI is InChI=1S/C21H18ClF3N4OS/c1-31-17-5-3-2-4-14(17)27-20(30)16-11-19-26-15(12-6-8-13(22)9-7-12)10-18(21(23,24)25)29(19)28-16/h2-9,11,15,18,26H,10H2,1H3,(H,27,30)/t15-,18-/m1/s1. The number of rotatable bonds is 4. The lowest BCUT2D eigenvalue weighted by molar-refractivity contribution is -0.173. The molecule has 31 heavy (non-hydrogen) atoms. The Hall–Kier alpha value is -2.65. The van der Waals surface area contributed by atoms with Gasteiger partial charge >= 0.3 is 6.18 Å². The first-order chi connectivity index (χ1) is 14.8. The maximum absolute atomic E-state index is 13.8. The van der Waals surface area contributed by atoms with Gasteiger partial charge in [-0.25, -0.2) is 4.68 Å². The average molecular weight is 467 g/mol. The van der Waals surface area contributed by atoms with Gasteiger partial charge in [0.25, 0.3) is 5.91 Å². The van der Waals surface area contributed by atoms with E-state index in [0.717, 1.165) is 9.58 Å². The summed E-state index contributed by atoms with van der Waals surface area (Å²) in [6.45, 7) is 0. The number of amides is 1. The van der Waals surface area contributed by atoms with Crippen LogP contribution < -0.4 is 10.6 Å². The lowest BCUT2D eigenvalue weighted by Crippen LogP contribution is -2.35. The number of anilines is 2. The summed E-state index contributed by atoms with van der Waals surface area (Å²) in [4.78, 5) is 13.6. The number of nitrogens with zero attached hydrogens (tertiary/aromatic N) is 2. The molecule has 0 saturated heterocycles. The van der Waals surface area contributed by atoms with Crippen LogP contribution in [0.4, 0.5) is 24.7 Å². The molecule has 2 atom stereocenters. The van der Waals surface area contributed by atoms with Crippen LogP contribution in [0.2, 0.25) is 5.02 Å². The number of nitrogens with one attached hydrogen (secondary N) is 2. The molecule has 3 aromatic rings. The van der Waals surface area contributed by atoms with Crippen LogP contribution in [-0.4, -0.2) is 28.1 Å². The predicted octanol–water partition coefficient (Wildman–Crippen LogP) is 6.17. The highest BCUT2D eigenvalue weighted by Crippen LogP contribution is 2.43. The second-order valence-corrected chi connectivity index (χ2v) is 8.34. The minimum Gasteiger partial charge on any atom is -0.363 e. The molecule has 1 amide bonds. The fourth-order valence-electron chi connectivity index (χ4n) is 3.53. The summed E-state index contributed by atoms with van der Waals surface area (Å²) >= 11 is 7.35. The van der Waals surface area contributed by atoms with Crippen molar-refractivity contribution in [2.75, 3.05) is 16.9 Å². The summed E-state index contributed by atoms with van der Waals surface area (Å²) in [5.41, 5.74) is 1.15. The van der Waals surface area contributed by atoms with Crippen molar-refractivity contribution in [2.24, 2.45) is 0 Å². The van der Waals surface area contributed by atoms with Crippen LogP contribution in [0.25, 0.3) is 0 Å². The second kappa shape index (κ2) is 8.47. The van der Waals surface area contributed by atoms with E-state index in [1.165, 1.54) is 17.8 Å². The van der Waals surface area contributed by atoms with Gasteiger partial charge in [-0.05, 0) is 36.1 Å². The van der Waals surface area contributed by atoms with Crippen LogP contribution in [0.5, 0.6) is 0 Å². The fraction of sp³-hybridized carbons (Fsp3) is 0.238. The number of carbonyl (C=O) groups excluding carboxylic acids is 1. The summed E-state index contributed by atoms with van der Waals surface area (Å²) in [5, 5.41) is 10.3. The van der Waals surface area contributed by atoms with E-state index in [1.54, 1.807) is 36.4 Å². The van der Waals surface area contributed by atoms with Crippen molar-refractivity contribution < 1.29 is 18.0 Å². The van der Waals surface area contributed by atoms with E-state index in [-0.39, 0.29) is 17.9 Å². The largest absolute Gasteiger partial charge is 0.410 e. The predicted molar refractivity (Wildman–Crippen MR) is 116 cm³/mol. The van der Waals surface area contributed by atoms with Crippen LogP contribution in [0.1, 0.15) is 34.6 Å². The highest BCUT2D eigenvalue weighted by atomic mass is 35.5. The molecule has 5 nitrogen and oxygen atoms in total. The molecule has 2 aromatic carbocycles.